The van der Waals surface area contributed by atoms with Crippen LogP contribution in [0, 0.1) is 0 Å². The van der Waals surface area contributed by atoms with Gasteiger partial charge in [-0.3, -0.25) is 4.79 Å². The molecule has 1 N–H and O–H groups in total. The molecule has 0 aromatic heterocycles. The molecule has 1 saturated heterocycles. The summed E-state index contributed by atoms with van der Waals surface area (Å²) in [6.45, 7) is 2.56. The first kappa shape index (κ1) is 20.5. The molecule has 0 saturated carbocycles. The largest absolute Gasteiger partial charge is 0.573 e. The molecule has 1 unspecified atom stereocenters. The monoisotopic (exact) mass is 394 g/mol. The summed E-state index contributed by atoms with van der Waals surface area (Å²) >= 11 is 0. The number of hydrogen-bond acceptors (Lipinski definition) is 4. The van der Waals surface area contributed by atoms with Crippen molar-refractivity contribution in [2.75, 3.05) is 13.1 Å². The van der Waals surface area contributed by atoms with Crippen molar-refractivity contribution in [2.24, 2.45) is 0 Å². The maximum atomic E-state index is 12.2. The van der Waals surface area contributed by atoms with Crippen molar-refractivity contribution in [1.82, 2.24) is 9.62 Å². The standard InChI is InChI=1S/C16H21F3N2O4S/c1-12-4-2-3-11-21(12)15(22)9-10-20-26(23,24)14-7-5-13(6-8-14)25-16(17,18)19/h5-8,12,20H,2-4,9-11H2,1H3. The number of amides is 1. The predicted molar refractivity (Wildman–Crippen MR) is 88.0 cm³/mol. The first-order chi connectivity index (χ1) is 12.1. The Morgan fingerprint density at radius 2 is 1.92 bits per heavy atom. The highest BCUT2D eigenvalue weighted by atomic mass is 32.2. The minimum atomic E-state index is -4.84. The highest BCUT2D eigenvalue weighted by Gasteiger charge is 2.31. The summed E-state index contributed by atoms with van der Waals surface area (Å²) in [5.74, 6) is -0.625. The predicted octanol–water partition coefficient (Wildman–Crippen LogP) is 2.65. The molecule has 1 aromatic carbocycles. The van der Waals surface area contributed by atoms with Crippen LogP contribution < -0.4 is 9.46 Å². The summed E-state index contributed by atoms with van der Waals surface area (Å²) in [7, 11) is -3.92. The van der Waals surface area contributed by atoms with Crippen molar-refractivity contribution in [3.63, 3.8) is 0 Å². The molecule has 0 spiro atoms. The number of hydrogen-bond donors (Lipinski definition) is 1. The second-order valence-electron chi connectivity index (χ2n) is 6.10. The lowest BCUT2D eigenvalue weighted by Crippen LogP contribution is -2.43. The minimum absolute atomic E-state index is 0.0266. The second-order valence-corrected chi connectivity index (χ2v) is 7.87. The van der Waals surface area contributed by atoms with E-state index in [1.54, 1.807) is 4.90 Å². The van der Waals surface area contributed by atoms with E-state index in [9.17, 15) is 26.4 Å². The van der Waals surface area contributed by atoms with Gasteiger partial charge in [0.05, 0.1) is 4.90 Å². The van der Waals surface area contributed by atoms with Gasteiger partial charge < -0.3 is 9.64 Å². The van der Waals surface area contributed by atoms with E-state index in [2.05, 4.69) is 9.46 Å². The number of piperidine rings is 1. The fourth-order valence-electron chi connectivity index (χ4n) is 2.81. The van der Waals surface area contributed by atoms with Crippen LogP contribution in [0.2, 0.25) is 0 Å². The third-order valence-corrected chi connectivity index (χ3v) is 5.60. The lowest BCUT2D eigenvalue weighted by molar-refractivity contribution is -0.274. The van der Waals surface area contributed by atoms with Crippen molar-refractivity contribution < 1.29 is 31.1 Å². The summed E-state index contributed by atoms with van der Waals surface area (Å²) in [6.07, 6.45) is -1.87. The number of benzene rings is 1. The smallest absolute Gasteiger partial charge is 0.406 e. The molecule has 1 aliphatic rings. The molecular weight excluding hydrogens is 373 g/mol. The number of likely N-dealkylation sites (tertiary alicyclic amines) is 1. The van der Waals surface area contributed by atoms with E-state index in [0.717, 1.165) is 43.5 Å². The Balaban J connectivity index is 1.89. The van der Waals surface area contributed by atoms with E-state index >= 15 is 0 Å². The molecule has 6 nitrogen and oxygen atoms in total. The Morgan fingerprint density at radius 3 is 2.50 bits per heavy atom. The highest BCUT2D eigenvalue weighted by Crippen LogP contribution is 2.24. The topological polar surface area (TPSA) is 75.7 Å². The number of nitrogens with one attached hydrogen (secondary N) is 1. The van der Waals surface area contributed by atoms with Gasteiger partial charge in [0, 0.05) is 25.6 Å². The molecule has 10 heteroatoms. The van der Waals surface area contributed by atoms with Crippen LogP contribution >= 0.6 is 0 Å². The van der Waals surface area contributed by atoms with Crippen molar-refractivity contribution >= 4 is 15.9 Å². The van der Waals surface area contributed by atoms with Crippen LogP contribution in [0.25, 0.3) is 0 Å². The molecule has 1 aromatic rings. The molecule has 0 bridgehead atoms. The maximum Gasteiger partial charge on any atom is 0.573 e. The van der Waals surface area contributed by atoms with Crippen LogP contribution in [0.1, 0.15) is 32.6 Å². The Labute approximate surface area is 150 Å². The van der Waals surface area contributed by atoms with E-state index in [0.29, 0.717) is 6.54 Å². The van der Waals surface area contributed by atoms with Crippen LogP contribution in [-0.4, -0.2) is 44.7 Å². The fraction of sp³-hybridized carbons (Fsp3) is 0.562. The number of halogens is 3. The summed E-state index contributed by atoms with van der Waals surface area (Å²) in [5.41, 5.74) is 0. The summed E-state index contributed by atoms with van der Waals surface area (Å²) in [5, 5.41) is 0. The average molecular weight is 394 g/mol. The number of ether oxygens (including phenoxy) is 1. The lowest BCUT2D eigenvalue weighted by atomic mass is 10.0. The van der Waals surface area contributed by atoms with Gasteiger partial charge in [-0.2, -0.15) is 0 Å². The van der Waals surface area contributed by atoms with Crippen molar-refractivity contribution in [3.8, 4) is 5.75 Å². The van der Waals surface area contributed by atoms with E-state index in [4.69, 9.17) is 0 Å². The number of carbonyl (C=O) groups excluding carboxylic acids is 1. The Hall–Kier alpha value is -1.81. The summed E-state index contributed by atoms with van der Waals surface area (Å²) < 4.78 is 66.6. The van der Waals surface area contributed by atoms with E-state index in [-0.39, 0.29) is 29.8 Å². The molecule has 146 valence electrons. The average Bonchev–Trinajstić information content (AvgIpc) is 2.54. The van der Waals surface area contributed by atoms with Gasteiger partial charge in [0.15, 0.2) is 0 Å². The van der Waals surface area contributed by atoms with Gasteiger partial charge in [-0.25, -0.2) is 13.1 Å². The van der Waals surface area contributed by atoms with Crippen LogP contribution in [0.4, 0.5) is 13.2 Å². The highest BCUT2D eigenvalue weighted by molar-refractivity contribution is 7.89. The van der Waals surface area contributed by atoms with Gasteiger partial charge in [0.2, 0.25) is 15.9 Å². The number of alkyl halides is 3. The molecular formula is C16H21F3N2O4S. The third kappa shape index (κ3) is 5.87. The minimum Gasteiger partial charge on any atom is -0.406 e. The van der Waals surface area contributed by atoms with E-state index < -0.39 is 22.1 Å². The van der Waals surface area contributed by atoms with E-state index in [1.807, 2.05) is 6.92 Å². The Morgan fingerprint density at radius 1 is 1.27 bits per heavy atom. The molecule has 1 atom stereocenters. The normalized spacial score (nSPS) is 18.6. The zero-order chi connectivity index (χ0) is 19.4. The maximum absolute atomic E-state index is 12.2. The lowest BCUT2D eigenvalue weighted by Gasteiger charge is -2.33. The van der Waals surface area contributed by atoms with E-state index in [1.165, 1.54) is 0 Å². The third-order valence-electron chi connectivity index (χ3n) is 4.12. The molecule has 1 amide bonds. The van der Waals surface area contributed by atoms with Gasteiger partial charge in [-0.1, -0.05) is 0 Å². The SMILES string of the molecule is CC1CCCCN1C(=O)CCNS(=O)(=O)c1ccc(OC(F)(F)F)cc1. The number of carbonyl (C=O) groups is 1. The van der Waals surface area contributed by atoms with Crippen molar-refractivity contribution in [2.45, 2.75) is 49.9 Å². The van der Waals surface area contributed by atoms with Crippen LogP contribution in [0.3, 0.4) is 0 Å². The summed E-state index contributed by atoms with van der Waals surface area (Å²) in [6, 6.07) is 4.01. The summed E-state index contributed by atoms with van der Waals surface area (Å²) in [4.78, 5) is 13.7. The Bertz CT molecular complexity index is 720. The zero-order valence-electron chi connectivity index (χ0n) is 14.3. The van der Waals surface area contributed by atoms with Crippen molar-refractivity contribution in [3.05, 3.63) is 24.3 Å². The zero-order valence-corrected chi connectivity index (χ0v) is 15.1. The first-order valence-corrected chi connectivity index (χ1v) is 9.72. The molecule has 1 heterocycles. The van der Waals surface area contributed by atoms with Crippen LogP contribution in [-0.2, 0) is 14.8 Å². The van der Waals surface area contributed by atoms with Gasteiger partial charge in [-0.15, -0.1) is 13.2 Å². The van der Waals surface area contributed by atoms with Crippen LogP contribution in [0.15, 0.2) is 29.2 Å². The molecule has 1 fully saturated rings. The Kier molecular flexibility index (Phi) is 6.51. The molecule has 0 aliphatic carbocycles. The van der Waals surface area contributed by atoms with Crippen molar-refractivity contribution in [1.29, 1.82) is 0 Å². The fourth-order valence-corrected chi connectivity index (χ4v) is 3.84. The number of rotatable bonds is 6. The van der Waals surface area contributed by atoms with Crippen LogP contribution in [0.5, 0.6) is 5.75 Å². The molecule has 26 heavy (non-hydrogen) atoms. The van der Waals surface area contributed by atoms with Gasteiger partial charge in [-0.05, 0) is 50.5 Å². The van der Waals surface area contributed by atoms with Gasteiger partial charge in [0.25, 0.3) is 0 Å². The number of sulfonamides is 1. The molecule has 0 radical (unpaired) electrons. The number of nitrogens with zero attached hydrogens (tertiary/aromatic N) is 1. The first-order valence-electron chi connectivity index (χ1n) is 8.23. The second kappa shape index (κ2) is 8.26. The van der Waals surface area contributed by atoms with Gasteiger partial charge in [0.1, 0.15) is 5.75 Å². The van der Waals surface area contributed by atoms with Gasteiger partial charge >= 0.3 is 6.36 Å². The molecule has 2 rings (SSSR count). The molecule has 1 aliphatic heterocycles. The quantitative estimate of drug-likeness (QED) is 0.805.